The highest BCUT2D eigenvalue weighted by Crippen LogP contribution is 2.31. The molecule has 2 aromatic rings. The van der Waals surface area contributed by atoms with Gasteiger partial charge in [0.1, 0.15) is 11.5 Å². The third kappa shape index (κ3) is 2.21. The minimum Gasteiger partial charge on any atom is -0.508 e. The maximum atomic E-state index is 9.25. The fourth-order valence-corrected chi connectivity index (χ4v) is 1.64. The van der Waals surface area contributed by atoms with Gasteiger partial charge in [0.05, 0.1) is 18.7 Å². The number of nitriles is 1. The lowest BCUT2D eigenvalue weighted by Gasteiger charge is -2.09. The van der Waals surface area contributed by atoms with Gasteiger partial charge in [-0.2, -0.15) is 5.26 Å². The number of ether oxygens (including phenoxy) is 1. The molecule has 17 heavy (non-hydrogen) atoms. The van der Waals surface area contributed by atoms with Crippen molar-refractivity contribution in [3.63, 3.8) is 0 Å². The standard InChI is InChI=1S/C14H11NO2/c1-17-14-7-2-10(9-15)8-13(14)11-3-5-12(16)6-4-11/h2-8,16H,1H3. The van der Waals surface area contributed by atoms with E-state index in [2.05, 4.69) is 6.07 Å². The van der Waals surface area contributed by atoms with E-state index in [9.17, 15) is 5.11 Å². The van der Waals surface area contributed by atoms with Gasteiger partial charge in [0.15, 0.2) is 0 Å². The third-order valence-corrected chi connectivity index (χ3v) is 2.51. The number of methoxy groups -OCH3 is 1. The number of benzene rings is 2. The van der Waals surface area contributed by atoms with Crippen LogP contribution in [0.15, 0.2) is 42.5 Å². The summed E-state index contributed by atoms with van der Waals surface area (Å²) < 4.78 is 5.26. The van der Waals surface area contributed by atoms with Crippen LogP contribution in [0, 0.1) is 11.3 Å². The van der Waals surface area contributed by atoms with Gasteiger partial charge in [-0.05, 0) is 35.9 Å². The molecule has 2 rings (SSSR count). The van der Waals surface area contributed by atoms with Crippen molar-refractivity contribution in [2.45, 2.75) is 0 Å². The van der Waals surface area contributed by atoms with Crippen LogP contribution < -0.4 is 4.74 Å². The zero-order chi connectivity index (χ0) is 12.3. The first kappa shape index (κ1) is 11.0. The Morgan fingerprint density at radius 3 is 2.41 bits per heavy atom. The predicted octanol–water partition coefficient (Wildman–Crippen LogP) is 2.94. The first-order valence-electron chi connectivity index (χ1n) is 5.12. The summed E-state index contributed by atoms with van der Waals surface area (Å²) in [7, 11) is 1.59. The fourth-order valence-electron chi connectivity index (χ4n) is 1.64. The van der Waals surface area contributed by atoms with Gasteiger partial charge < -0.3 is 9.84 Å². The molecule has 2 aromatic carbocycles. The second-order valence-corrected chi connectivity index (χ2v) is 3.57. The van der Waals surface area contributed by atoms with Crippen molar-refractivity contribution >= 4 is 0 Å². The van der Waals surface area contributed by atoms with E-state index < -0.39 is 0 Å². The van der Waals surface area contributed by atoms with Crippen molar-refractivity contribution in [3.05, 3.63) is 48.0 Å². The fraction of sp³-hybridized carbons (Fsp3) is 0.0714. The Labute approximate surface area is 99.5 Å². The van der Waals surface area contributed by atoms with Gasteiger partial charge in [0.2, 0.25) is 0 Å². The molecule has 0 amide bonds. The molecule has 0 fully saturated rings. The third-order valence-electron chi connectivity index (χ3n) is 2.51. The average Bonchev–Trinajstić information content (AvgIpc) is 2.39. The largest absolute Gasteiger partial charge is 0.508 e. The number of rotatable bonds is 2. The topological polar surface area (TPSA) is 53.2 Å². The summed E-state index contributed by atoms with van der Waals surface area (Å²) in [5.41, 5.74) is 2.32. The number of hydrogen-bond acceptors (Lipinski definition) is 3. The first-order chi connectivity index (χ1) is 8.24. The Balaban J connectivity index is 2.56. The first-order valence-corrected chi connectivity index (χ1v) is 5.12. The van der Waals surface area contributed by atoms with Crippen molar-refractivity contribution in [2.75, 3.05) is 7.11 Å². The molecular weight excluding hydrogens is 214 g/mol. The minimum absolute atomic E-state index is 0.212. The quantitative estimate of drug-likeness (QED) is 0.854. The second-order valence-electron chi connectivity index (χ2n) is 3.57. The van der Waals surface area contributed by atoms with Gasteiger partial charge >= 0.3 is 0 Å². The van der Waals surface area contributed by atoms with Crippen molar-refractivity contribution in [1.29, 1.82) is 5.26 Å². The lowest BCUT2D eigenvalue weighted by Crippen LogP contribution is -1.89. The van der Waals surface area contributed by atoms with Gasteiger partial charge in [0, 0.05) is 5.56 Å². The molecule has 0 saturated carbocycles. The number of aromatic hydroxyl groups is 1. The monoisotopic (exact) mass is 225 g/mol. The van der Waals surface area contributed by atoms with Crippen LogP contribution in [0.3, 0.4) is 0 Å². The van der Waals surface area contributed by atoms with E-state index in [1.165, 1.54) is 0 Å². The van der Waals surface area contributed by atoms with Crippen LogP contribution in [0.1, 0.15) is 5.56 Å². The molecular formula is C14H11NO2. The highest BCUT2D eigenvalue weighted by Gasteiger charge is 2.06. The summed E-state index contributed by atoms with van der Waals surface area (Å²) in [5.74, 6) is 0.916. The number of hydrogen-bond donors (Lipinski definition) is 1. The summed E-state index contributed by atoms with van der Waals surface area (Å²) in [6.45, 7) is 0. The van der Waals surface area contributed by atoms with Crippen LogP contribution in [-0.4, -0.2) is 12.2 Å². The van der Waals surface area contributed by atoms with Gasteiger partial charge in [-0.15, -0.1) is 0 Å². The molecule has 0 heterocycles. The zero-order valence-electron chi connectivity index (χ0n) is 9.34. The van der Waals surface area contributed by atoms with Crippen LogP contribution in [0.5, 0.6) is 11.5 Å². The zero-order valence-corrected chi connectivity index (χ0v) is 9.34. The Morgan fingerprint density at radius 2 is 1.82 bits per heavy atom. The van der Waals surface area contributed by atoms with Crippen LogP contribution in [0.4, 0.5) is 0 Å². The molecule has 84 valence electrons. The van der Waals surface area contributed by atoms with Crippen LogP contribution >= 0.6 is 0 Å². The maximum absolute atomic E-state index is 9.25. The molecule has 3 nitrogen and oxygen atoms in total. The highest BCUT2D eigenvalue weighted by molar-refractivity contribution is 5.72. The lowest BCUT2D eigenvalue weighted by molar-refractivity contribution is 0.416. The lowest BCUT2D eigenvalue weighted by atomic mass is 10.0. The number of phenols is 1. The van der Waals surface area contributed by atoms with Crippen molar-refractivity contribution < 1.29 is 9.84 Å². The minimum atomic E-state index is 0.212. The van der Waals surface area contributed by atoms with Crippen LogP contribution in [0.2, 0.25) is 0 Å². The molecule has 0 aliphatic heterocycles. The van der Waals surface area contributed by atoms with Gasteiger partial charge in [-0.25, -0.2) is 0 Å². The van der Waals surface area contributed by atoms with E-state index in [0.29, 0.717) is 11.3 Å². The van der Waals surface area contributed by atoms with E-state index >= 15 is 0 Å². The highest BCUT2D eigenvalue weighted by atomic mass is 16.5. The molecule has 0 bridgehead atoms. The molecule has 0 atom stereocenters. The number of nitrogens with zero attached hydrogens (tertiary/aromatic N) is 1. The van der Waals surface area contributed by atoms with E-state index in [0.717, 1.165) is 11.1 Å². The van der Waals surface area contributed by atoms with E-state index in [1.54, 1.807) is 49.6 Å². The van der Waals surface area contributed by atoms with E-state index in [4.69, 9.17) is 10.00 Å². The van der Waals surface area contributed by atoms with Crippen molar-refractivity contribution in [1.82, 2.24) is 0 Å². The Bertz CT molecular complexity index is 568. The normalized spacial score (nSPS) is 9.65. The van der Waals surface area contributed by atoms with Gasteiger partial charge in [-0.3, -0.25) is 0 Å². The molecule has 0 saturated heterocycles. The Kier molecular flexibility index (Phi) is 2.97. The smallest absolute Gasteiger partial charge is 0.126 e. The summed E-state index contributed by atoms with van der Waals surface area (Å²) in [6.07, 6.45) is 0. The Hall–Kier alpha value is -2.47. The molecule has 0 spiro atoms. The van der Waals surface area contributed by atoms with Crippen molar-refractivity contribution in [3.8, 4) is 28.7 Å². The average molecular weight is 225 g/mol. The molecule has 0 unspecified atom stereocenters. The molecule has 0 aliphatic rings. The molecule has 0 aliphatic carbocycles. The van der Waals surface area contributed by atoms with Gasteiger partial charge in [0.25, 0.3) is 0 Å². The summed E-state index contributed by atoms with van der Waals surface area (Å²) in [5, 5.41) is 18.1. The van der Waals surface area contributed by atoms with Crippen molar-refractivity contribution in [2.24, 2.45) is 0 Å². The summed E-state index contributed by atoms with van der Waals surface area (Å²) >= 11 is 0. The molecule has 0 aromatic heterocycles. The SMILES string of the molecule is COc1ccc(C#N)cc1-c1ccc(O)cc1. The molecule has 1 N–H and O–H groups in total. The van der Waals surface area contributed by atoms with Crippen LogP contribution in [0.25, 0.3) is 11.1 Å². The summed E-state index contributed by atoms with van der Waals surface area (Å²) in [6, 6.07) is 14.1. The Morgan fingerprint density at radius 1 is 1.12 bits per heavy atom. The van der Waals surface area contributed by atoms with E-state index in [-0.39, 0.29) is 5.75 Å². The summed E-state index contributed by atoms with van der Waals surface area (Å²) in [4.78, 5) is 0. The molecule has 3 heteroatoms. The maximum Gasteiger partial charge on any atom is 0.126 e. The van der Waals surface area contributed by atoms with E-state index in [1.807, 2.05) is 0 Å². The number of phenolic OH excluding ortho intramolecular Hbond substituents is 1. The van der Waals surface area contributed by atoms with Gasteiger partial charge in [-0.1, -0.05) is 12.1 Å². The predicted molar refractivity (Wildman–Crippen MR) is 64.8 cm³/mol. The second kappa shape index (κ2) is 4.58. The van der Waals surface area contributed by atoms with Crippen LogP contribution in [-0.2, 0) is 0 Å². The molecule has 0 radical (unpaired) electrons.